The Labute approximate surface area is 154 Å². The lowest BCUT2D eigenvalue weighted by molar-refractivity contribution is -0.133. The van der Waals surface area contributed by atoms with Crippen LogP contribution in [0.4, 0.5) is 4.39 Å². The molecule has 0 bridgehead atoms. The topological polar surface area (TPSA) is 40.6 Å². The predicted octanol–water partition coefficient (Wildman–Crippen LogP) is 3.27. The fraction of sp³-hybridized carbons (Fsp3) is 0.333. The molecule has 0 N–H and O–H groups in total. The summed E-state index contributed by atoms with van der Waals surface area (Å²) in [5.41, 5.74) is 1.64. The van der Waals surface area contributed by atoms with Crippen molar-refractivity contribution in [3.05, 3.63) is 71.5 Å². The fourth-order valence-electron chi connectivity index (χ4n) is 2.75. The smallest absolute Gasteiger partial charge is 0.224 e. The van der Waals surface area contributed by atoms with E-state index in [2.05, 4.69) is 0 Å². The third-order valence-corrected chi connectivity index (χ3v) is 4.34. The van der Waals surface area contributed by atoms with E-state index in [0.717, 1.165) is 5.56 Å². The second-order valence-electron chi connectivity index (χ2n) is 6.33. The van der Waals surface area contributed by atoms with Gasteiger partial charge in [0.1, 0.15) is 5.82 Å². The van der Waals surface area contributed by atoms with E-state index in [0.29, 0.717) is 31.6 Å². The zero-order chi connectivity index (χ0) is 18.9. The van der Waals surface area contributed by atoms with Gasteiger partial charge >= 0.3 is 0 Å². The molecule has 0 saturated heterocycles. The Hall–Kier alpha value is -2.69. The Morgan fingerprint density at radius 1 is 0.962 bits per heavy atom. The normalized spacial score (nSPS) is 10.4. The Balaban J connectivity index is 1.84. The van der Waals surface area contributed by atoms with Crippen LogP contribution in [-0.4, -0.2) is 41.8 Å². The van der Waals surface area contributed by atoms with Crippen LogP contribution in [0.1, 0.15) is 24.5 Å². The number of nitrogens with zero attached hydrogens (tertiary/aromatic N) is 2. The van der Waals surface area contributed by atoms with E-state index in [1.54, 1.807) is 35.0 Å². The maximum absolute atomic E-state index is 13.7. The van der Waals surface area contributed by atoms with Crippen LogP contribution in [0.2, 0.25) is 0 Å². The van der Waals surface area contributed by atoms with Crippen LogP contribution in [-0.2, 0) is 22.6 Å². The second kappa shape index (κ2) is 9.70. The highest BCUT2D eigenvalue weighted by atomic mass is 19.1. The average Bonchev–Trinajstić information content (AvgIpc) is 2.63. The molecule has 0 atom stereocenters. The minimum atomic E-state index is -0.269. The maximum Gasteiger partial charge on any atom is 0.224 e. The summed E-state index contributed by atoms with van der Waals surface area (Å²) < 4.78 is 13.7. The molecule has 26 heavy (non-hydrogen) atoms. The van der Waals surface area contributed by atoms with Crippen LogP contribution in [0, 0.1) is 5.82 Å². The number of amides is 2. The van der Waals surface area contributed by atoms with Crippen LogP contribution in [0.5, 0.6) is 0 Å². The summed E-state index contributed by atoms with van der Waals surface area (Å²) in [6, 6.07) is 16.3. The summed E-state index contributed by atoms with van der Waals surface area (Å²) in [7, 11) is 1.76. The van der Waals surface area contributed by atoms with Gasteiger partial charge in [-0.05, 0) is 23.6 Å². The lowest BCUT2D eigenvalue weighted by Gasteiger charge is -2.23. The van der Waals surface area contributed by atoms with Gasteiger partial charge < -0.3 is 9.80 Å². The third kappa shape index (κ3) is 5.99. The van der Waals surface area contributed by atoms with Crippen molar-refractivity contribution in [3.8, 4) is 0 Å². The first-order valence-electron chi connectivity index (χ1n) is 8.74. The van der Waals surface area contributed by atoms with Crippen molar-refractivity contribution in [3.63, 3.8) is 0 Å². The van der Waals surface area contributed by atoms with Crippen molar-refractivity contribution in [1.82, 2.24) is 9.80 Å². The first kappa shape index (κ1) is 19.6. The van der Waals surface area contributed by atoms with E-state index >= 15 is 0 Å². The van der Waals surface area contributed by atoms with E-state index in [1.165, 1.54) is 13.0 Å². The van der Waals surface area contributed by atoms with Gasteiger partial charge in [-0.1, -0.05) is 48.5 Å². The molecular formula is C21H25FN2O2. The van der Waals surface area contributed by atoms with E-state index in [-0.39, 0.29) is 24.1 Å². The van der Waals surface area contributed by atoms with Gasteiger partial charge in [0.15, 0.2) is 0 Å². The maximum atomic E-state index is 13.7. The van der Waals surface area contributed by atoms with Gasteiger partial charge in [0.05, 0.1) is 0 Å². The molecule has 0 radical (unpaired) electrons. The highest BCUT2D eigenvalue weighted by molar-refractivity contribution is 5.78. The van der Waals surface area contributed by atoms with Crippen LogP contribution in [0.25, 0.3) is 0 Å². The van der Waals surface area contributed by atoms with Gasteiger partial charge in [-0.25, -0.2) is 4.39 Å². The van der Waals surface area contributed by atoms with Crippen molar-refractivity contribution < 1.29 is 14.0 Å². The SMILES string of the molecule is CC(=O)N(CCC(=O)N(C)Cc1ccccc1)CCc1ccccc1F. The van der Waals surface area contributed by atoms with Gasteiger partial charge in [-0.3, -0.25) is 9.59 Å². The summed E-state index contributed by atoms with van der Waals surface area (Å²) in [6.07, 6.45) is 0.681. The van der Waals surface area contributed by atoms with Crippen LogP contribution >= 0.6 is 0 Å². The zero-order valence-corrected chi connectivity index (χ0v) is 15.3. The van der Waals surface area contributed by atoms with Gasteiger partial charge in [-0.2, -0.15) is 0 Å². The number of carbonyl (C=O) groups excluding carboxylic acids is 2. The summed E-state index contributed by atoms with van der Waals surface area (Å²) in [5.74, 6) is -0.402. The number of hydrogen-bond acceptors (Lipinski definition) is 2. The molecule has 0 aliphatic carbocycles. The van der Waals surface area contributed by atoms with E-state index < -0.39 is 0 Å². The molecule has 2 rings (SSSR count). The molecule has 0 aliphatic rings. The predicted molar refractivity (Wildman–Crippen MR) is 99.9 cm³/mol. The molecule has 0 heterocycles. The second-order valence-corrected chi connectivity index (χ2v) is 6.33. The molecule has 2 aromatic rings. The molecule has 5 heteroatoms. The quantitative estimate of drug-likeness (QED) is 0.728. The number of hydrogen-bond donors (Lipinski definition) is 0. The monoisotopic (exact) mass is 356 g/mol. The zero-order valence-electron chi connectivity index (χ0n) is 15.3. The number of rotatable bonds is 8. The number of carbonyl (C=O) groups is 2. The van der Waals surface area contributed by atoms with E-state index in [9.17, 15) is 14.0 Å². The molecular weight excluding hydrogens is 331 g/mol. The molecule has 138 valence electrons. The highest BCUT2D eigenvalue weighted by Gasteiger charge is 2.15. The van der Waals surface area contributed by atoms with Gasteiger partial charge in [0.25, 0.3) is 0 Å². The Morgan fingerprint density at radius 3 is 2.27 bits per heavy atom. The lowest BCUT2D eigenvalue weighted by atomic mass is 10.1. The van der Waals surface area contributed by atoms with Crippen molar-refractivity contribution in [2.24, 2.45) is 0 Å². The van der Waals surface area contributed by atoms with Crippen LogP contribution in [0.15, 0.2) is 54.6 Å². The Bertz CT molecular complexity index is 734. The Kier molecular flexibility index (Phi) is 7.33. The Morgan fingerprint density at radius 2 is 1.62 bits per heavy atom. The van der Waals surface area contributed by atoms with Gasteiger partial charge in [-0.15, -0.1) is 0 Å². The van der Waals surface area contributed by atoms with Crippen molar-refractivity contribution in [1.29, 1.82) is 0 Å². The van der Waals surface area contributed by atoms with E-state index in [1.807, 2.05) is 30.3 Å². The van der Waals surface area contributed by atoms with Gasteiger partial charge in [0.2, 0.25) is 11.8 Å². The largest absolute Gasteiger partial charge is 0.342 e. The molecule has 0 fully saturated rings. The lowest BCUT2D eigenvalue weighted by Crippen LogP contribution is -2.35. The number of halogens is 1. The molecule has 2 aromatic carbocycles. The minimum Gasteiger partial charge on any atom is -0.342 e. The van der Waals surface area contributed by atoms with Crippen molar-refractivity contribution in [2.75, 3.05) is 20.1 Å². The molecule has 4 nitrogen and oxygen atoms in total. The first-order chi connectivity index (χ1) is 12.5. The summed E-state index contributed by atoms with van der Waals surface area (Å²) in [6.45, 7) is 2.74. The van der Waals surface area contributed by atoms with Gasteiger partial charge in [0, 0.05) is 40.0 Å². The molecule has 0 aromatic heterocycles. The summed E-state index contributed by atoms with van der Waals surface area (Å²) >= 11 is 0. The first-order valence-corrected chi connectivity index (χ1v) is 8.74. The standard InChI is InChI=1S/C21H25FN2O2/c1-17(25)24(14-12-19-10-6-7-11-20(19)22)15-13-21(26)23(2)16-18-8-4-3-5-9-18/h3-11H,12-16H2,1-2H3. The minimum absolute atomic E-state index is 0.0222. The summed E-state index contributed by atoms with van der Waals surface area (Å²) in [5, 5.41) is 0. The fourth-order valence-corrected chi connectivity index (χ4v) is 2.75. The van der Waals surface area contributed by atoms with Crippen LogP contribution < -0.4 is 0 Å². The molecule has 2 amide bonds. The third-order valence-electron chi connectivity index (χ3n) is 4.34. The van der Waals surface area contributed by atoms with Crippen molar-refractivity contribution >= 4 is 11.8 Å². The number of benzene rings is 2. The molecule has 0 saturated carbocycles. The molecule has 0 unspecified atom stereocenters. The van der Waals surface area contributed by atoms with Crippen LogP contribution in [0.3, 0.4) is 0 Å². The average molecular weight is 356 g/mol. The molecule has 0 spiro atoms. The highest BCUT2D eigenvalue weighted by Crippen LogP contribution is 2.09. The summed E-state index contributed by atoms with van der Waals surface area (Å²) in [4.78, 5) is 27.4. The van der Waals surface area contributed by atoms with Crippen molar-refractivity contribution in [2.45, 2.75) is 26.3 Å². The van der Waals surface area contributed by atoms with E-state index in [4.69, 9.17) is 0 Å². The molecule has 0 aliphatic heterocycles.